The predicted molar refractivity (Wildman–Crippen MR) is 78.1 cm³/mol. The first-order valence-electron chi connectivity index (χ1n) is 6.88. The summed E-state index contributed by atoms with van der Waals surface area (Å²) in [5.41, 5.74) is 0.996. The molecule has 0 bridgehead atoms. The standard InChI is InChI=1S/C15H18N2O3S/c1-11-8-13(10-16)5-6-15(11)21(19,20)17-7-3-4-14(17)9-12(2)18/h5-6,8,14H,3-4,7,9H2,1-2H3. The maximum absolute atomic E-state index is 12.8. The zero-order chi connectivity index (χ0) is 15.6. The van der Waals surface area contributed by atoms with E-state index in [9.17, 15) is 13.2 Å². The molecule has 0 aromatic heterocycles. The Morgan fingerprint density at radius 1 is 1.48 bits per heavy atom. The minimum absolute atomic E-state index is 0.00125. The average molecular weight is 306 g/mol. The van der Waals surface area contributed by atoms with Gasteiger partial charge in [-0.3, -0.25) is 4.79 Å². The number of aryl methyl sites for hydroxylation is 1. The smallest absolute Gasteiger partial charge is 0.243 e. The first-order chi connectivity index (χ1) is 9.86. The van der Waals surface area contributed by atoms with Crippen molar-refractivity contribution < 1.29 is 13.2 Å². The average Bonchev–Trinajstić information content (AvgIpc) is 2.86. The Hall–Kier alpha value is -1.71. The normalized spacial score (nSPS) is 19.4. The van der Waals surface area contributed by atoms with E-state index >= 15 is 0 Å². The summed E-state index contributed by atoms with van der Waals surface area (Å²) < 4.78 is 27.0. The number of hydrogen-bond donors (Lipinski definition) is 0. The van der Waals surface area contributed by atoms with Gasteiger partial charge >= 0.3 is 0 Å². The molecule has 112 valence electrons. The highest BCUT2D eigenvalue weighted by molar-refractivity contribution is 7.89. The molecule has 1 aliphatic heterocycles. The summed E-state index contributed by atoms with van der Waals surface area (Å²) in [5, 5.41) is 8.86. The van der Waals surface area contributed by atoms with Crippen molar-refractivity contribution in [2.75, 3.05) is 6.54 Å². The summed E-state index contributed by atoms with van der Waals surface area (Å²) in [6.45, 7) is 3.61. The lowest BCUT2D eigenvalue weighted by atomic mass is 10.1. The van der Waals surface area contributed by atoms with Gasteiger partial charge in [-0.05, 0) is 50.5 Å². The molecule has 0 saturated carbocycles. The van der Waals surface area contributed by atoms with Crippen LogP contribution in [0.1, 0.15) is 37.3 Å². The largest absolute Gasteiger partial charge is 0.300 e. The Kier molecular flexibility index (Phi) is 4.45. The summed E-state index contributed by atoms with van der Waals surface area (Å²) in [6.07, 6.45) is 1.75. The Bertz CT molecular complexity index is 704. The lowest BCUT2D eigenvalue weighted by Crippen LogP contribution is -2.36. The van der Waals surface area contributed by atoms with Crippen LogP contribution in [0.5, 0.6) is 0 Å². The molecule has 1 aliphatic rings. The third-order valence-corrected chi connectivity index (χ3v) is 5.85. The fourth-order valence-corrected chi connectivity index (χ4v) is 4.70. The third-order valence-electron chi connectivity index (χ3n) is 3.74. The molecule has 1 heterocycles. The van der Waals surface area contributed by atoms with Gasteiger partial charge in [0.15, 0.2) is 0 Å². The lowest BCUT2D eigenvalue weighted by molar-refractivity contribution is -0.117. The topological polar surface area (TPSA) is 78.2 Å². The third kappa shape index (κ3) is 3.14. The van der Waals surface area contributed by atoms with Crippen LogP contribution in [-0.2, 0) is 14.8 Å². The van der Waals surface area contributed by atoms with Gasteiger partial charge in [0, 0.05) is 19.0 Å². The molecule has 0 spiro atoms. The van der Waals surface area contributed by atoms with Crippen molar-refractivity contribution in [2.45, 2.75) is 44.0 Å². The van der Waals surface area contributed by atoms with Crippen LogP contribution in [0.25, 0.3) is 0 Å². The number of sulfonamides is 1. The van der Waals surface area contributed by atoms with Crippen molar-refractivity contribution >= 4 is 15.8 Å². The van der Waals surface area contributed by atoms with Crippen LogP contribution in [0.4, 0.5) is 0 Å². The van der Waals surface area contributed by atoms with Gasteiger partial charge in [-0.15, -0.1) is 0 Å². The second-order valence-corrected chi connectivity index (χ2v) is 7.27. The highest BCUT2D eigenvalue weighted by Gasteiger charge is 2.36. The van der Waals surface area contributed by atoms with Gasteiger partial charge < -0.3 is 0 Å². The van der Waals surface area contributed by atoms with Crippen LogP contribution in [0.3, 0.4) is 0 Å². The van der Waals surface area contributed by atoms with Gasteiger partial charge in [-0.25, -0.2) is 8.42 Å². The van der Waals surface area contributed by atoms with Crippen molar-refractivity contribution in [3.63, 3.8) is 0 Å². The van der Waals surface area contributed by atoms with E-state index in [0.717, 1.165) is 6.42 Å². The summed E-state index contributed by atoms with van der Waals surface area (Å²) in [4.78, 5) is 11.5. The van der Waals surface area contributed by atoms with Crippen LogP contribution < -0.4 is 0 Å². The zero-order valence-electron chi connectivity index (χ0n) is 12.2. The molecule has 21 heavy (non-hydrogen) atoms. The van der Waals surface area contributed by atoms with Crippen LogP contribution in [0.2, 0.25) is 0 Å². The number of carbonyl (C=O) groups excluding carboxylic acids is 1. The second-order valence-electron chi connectivity index (χ2n) is 5.41. The molecule has 1 atom stereocenters. The lowest BCUT2D eigenvalue weighted by Gasteiger charge is -2.24. The SMILES string of the molecule is CC(=O)CC1CCCN1S(=O)(=O)c1ccc(C#N)cc1C. The molecule has 6 heteroatoms. The number of nitriles is 1. The van der Waals surface area contributed by atoms with E-state index in [1.54, 1.807) is 13.0 Å². The highest BCUT2D eigenvalue weighted by atomic mass is 32.2. The first kappa shape index (κ1) is 15.7. The van der Waals surface area contributed by atoms with E-state index in [1.165, 1.54) is 23.4 Å². The van der Waals surface area contributed by atoms with E-state index in [1.807, 2.05) is 6.07 Å². The Morgan fingerprint density at radius 2 is 2.19 bits per heavy atom. The van der Waals surface area contributed by atoms with Crippen molar-refractivity contribution in [3.05, 3.63) is 29.3 Å². The number of nitrogens with zero attached hydrogens (tertiary/aromatic N) is 2. The maximum Gasteiger partial charge on any atom is 0.243 e. The van der Waals surface area contributed by atoms with E-state index in [0.29, 0.717) is 24.1 Å². The molecule has 1 aromatic carbocycles. The fourth-order valence-electron chi connectivity index (χ4n) is 2.80. The van der Waals surface area contributed by atoms with Gasteiger partial charge in [-0.2, -0.15) is 9.57 Å². The van der Waals surface area contributed by atoms with Gasteiger partial charge in [0.2, 0.25) is 10.0 Å². The first-order valence-corrected chi connectivity index (χ1v) is 8.32. The summed E-state index contributed by atoms with van der Waals surface area (Å²) >= 11 is 0. The summed E-state index contributed by atoms with van der Waals surface area (Å²) in [6, 6.07) is 6.31. The molecule has 1 fully saturated rings. The summed E-state index contributed by atoms with van der Waals surface area (Å²) in [5.74, 6) is -0.00125. The van der Waals surface area contributed by atoms with Crippen LogP contribution in [0, 0.1) is 18.3 Å². The predicted octanol–water partition coefficient (Wildman–Crippen LogP) is 2.00. The van der Waals surface area contributed by atoms with Crippen LogP contribution in [-0.4, -0.2) is 31.1 Å². The molecule has 0 amide bonds. The number of benzene rings is 1. The molecule has 1 aromatic rings. The van der Waals surface area contributed by atoms with Gasteiger partial charge in [0.1, 0.15) is 5.78 Å². The molecular weight excluding hydrogens is 288 g/mol. The molecular formula is C15H18N2O3S. The molecule has 2 rings (SSSR count). The molecule has 0 aliphatic carbocycles. The van der Waals surface area contributed by atoms with E-state index in [-0.39, 0.29) is 23.1 Å². The minimum Gasteiger partial charge on any atom is -0.300 e. The number of rotatable bonds is 4. The van der Waals surface area contributed by atoms with Crippen LogP contribution in [0.15, 0.2) is 23.1 Å². The maximum atomic E-state index is 12.8. The minimum atomic E-state index is -3.62. The van der Waals surface area contributed by atoms with Crippen LogP contribution >= 0.6 is 0 Å². The molecule has 1 unspecified atom stereocenters. The van der Waals surface area contributed by atoms with Gasteiger partial charge in [-0.1, -0.05) is 0 Å². The number of carbonyl (C=O) groups is 1. The number of ketones is 1. The van der Waals surface area contributed by atoms with Gasteiger partial charge in [0.25, 0.3) is 0 Å². The Labute approximate surface area is 125 Å². The highest BCUT2D eigenvalue weighted by Crippen LogP contribution is 2.29. The van der Waals surface area contributed by atoms with Gasteiger partial charge in [0.05, 0.1) is 16.5 Å². The molecule has 5 nitrogen and oxygen atoms in total. The van der Waals surface area contributed by atoms with Crippen molar-refractivity contribution in [3.8, 4) is 6.07 Å². The molecule has 0 N–H and O–H groups in total. The van der Waals surface area contributed by atoms with Crippen molar-refractivity contribution in [1.82, 2.24) is 4.31 Å². The monoisotopic (exact) mass is 306 g/mol. The number of hydrogen-bond acceptors (Lipinski definition) is 4. The van der Waals surface area contributed by atoms with E-state index < -0.39 is 10.0 Å². The quantitative estimate of drug-likeness (QED) is 0.852. The van der Waals surface area contributed by atoms with E-state index in [2.05, 4.69) is 0 Å². The Morgan fingerprint density at radius 3 is 2.76 bits per heavy atom. The molecule has 1 saturated heterocycles. The zero-order valence-corrected chi connectivity index (χ0v) is 13.0. The second kappa shape index (κ2) is 5.96. The Balaban J connectivity index is 2.38. The number of Topliss-reactive ketones (excluding diaryl/α,β-unsaturated/α-hetero) is 1. The van der Waals surface area contributed by atoms with E-state index in [4.69, 9.17) is 5.26 Å². The fraction of sp³-hybridized carbons (Fsp3) is 0.467. The van der Waals surface area contributed by atoms with Crippen molar-refractivity contribution in [2.24, 2.45) is 0 Å². The summed E-state index contributed by atoms with van der Waals surface area (Å²) in [7, 11) is -3.62. The van der Waals surface area contributed by atoms with Crippen molar-refractivity contribution in [1.29, 1.82) is 5.26 Å². The molecule has 0 radical (unpaired) electrons.